The van der Waals surface area contributed by atoms with E-state index < -0.39 is 0 Å². The summed E-state index contributed by atoms with van der Waals surface area (Å²) in [5, 5.41) is 7.54. The Labute approximate surface area is 164 Å². The summed E-state index contributed by atoms with van der Waals surface area (Å²) in [4.78, 5) is 24.8. The van der Waals surface area contributed by atoms with Gasteiger partial charge in [0, 0.05) is 37.3 Å². The number of hydrogen-bond donors (Lipinski definition) is 2. The van der Waals surface area contributed by atoms with Crippen LogP contribution in [0.25, 0.3) is 11.1 Å². The lowest BCUT2D eigenvalue weighted by atomic mass is 10.1. The van der Waals surface area contributed by atoms with E-state index in [-0.39, 0.29) is 18.0 Å². The van der Waals surface area contributed by atoms with Gasteiger partial charge < -0.3 is 14.8 Å². The molecule has 5 rings (SSSR count). The molecule has 2 saturated heterocycles. The Morgan fingerprint density at radius 2 is 1.79 bits per heavy atom. The van der Waals surface area contributed by atoms with Gasteiger partial charge in [0.15, 0.2) is 5.84 Å². The van der Waals surface area contributed by atoms with Gasteiger partial charge in [-0.3, -0.25) is 10.2 Å². The highest BCUT2D eigenvalue weighted by atomic mass is 16.2. The molecule has 144 valence electrons. The third-order valence-electron chi connectivity index (χ3n) is 6.18. The average molecular weight is 375 g/mol. The van der Waals surface area contributed by atoms with Crippen molar-refractivity contribution in [2.45, 2.75) is 37.8 Å². The van der Waals surface area contributed by atoms with Gasteiger partial charge >= 0.3 is 0 Å². The number of carbonyl (C=O) groups is 1. The zero-order valence-corrected chi connectivity index (χ0v) is 15.8. The summed E-state index contributed by atoms with van der Waals surface area (Å²) in [7, 11) is 0. The van der Waals surface area contributed by atoms with Crippen molar-refractivity contribution in [1.82, 2.24) is 14.8 Å². The van der Waals surface area contributed by atoms with E-state index in [2.05, 4.69) is 38.0 Å². The zero-order chi connectivity index (χ0) is 19.1. The van der Waals surface area contributed by atoms with Crippen LogP contribution in [0.5, 0.6) is 0 Å². The Hall–Kier alpha value is -2.89. The Kier molecular flexibility index (Phi) is 4.26. The topological polar surface area (TPSA) is 75.6 Å². The van der Waals surface area contributed by atoms with Crippen molar-refractivity contribution in [2.75, 3.05) is 13.1 Å². The SMILES string of the molecule is N=CN=C(c1cc(-c2ccccc2)c[nH]1)N1CC2CCC(C1)N2C(=O)C1CC1. The first-order chi connectivity index (χ1) is 13.7. The summed E-state index contributed by atoms with van der Waals surface area (Å²) in [6.07, 6.45) is 7.36. The van der Waals surface area contributed by atoms with Gasteiger partial charge in [-0.2, -0.15) is 0 Å². The maximum Gasteiger partial charge on any atom is 0.226 e. The maximum atomic E-state index is 12.7. The summed E-state index contributed by atoms with van der Waals surface area (Å²) >= 11 is 0. The monoisotopic (exact) mass is 375 g/mol. The fourth-order valence-electron chi connectivity index (χ4n) is 4.68. The van der Waals surface area contributed by atoms with E-state index in [4.69, 9.17) is 5.41 Å². The number of H-pyrrole nitrogens is 1. The van der Waals surface area contributed by atoms with Crippen molar-refractivity contribution in [2.24, 2.45) is 10.9 Å². The first-order valence-electron chi connectivity index (χ1n) is 10.1. The molecule has 6 nitrogen and oxygen atoms in total. The molecule has 0 spiro atoms. The number of hydrogen-bond acceptors (Lipinski definition) is 2. The van der Waals surface area contributed by atoms with E-state index in [9.17, 15) is 4.79 Å². The third-order valence-corrected chi connectivity index (χ3v) is 6.18. The van der Waals surface area contributed by atoms with Crippen LogP contribution in [-0.4, -0.2) is 58.0 Å². The van der Waals surface area contributed by atoms with Crippen LogP contribution in [-0.2, 0) is 4.79 Å². The Morgan fingerprint density at radius 1 is 1.07 bits per heavy atom. The minimum absolute atomic E-state index is 0.270. The second kappa shape index (κ2) is 6.93. The van der Waals surface area contributed by atoms with E-state index in [1.807, 2.05) is 24.4 Å². The number of benzene rings is 1. The minimum atomic E-state index is 0.270. The first kappa shape index (κ1) is 17.2. The van der Waals surface area contributed by atoms with Crippen molar-refractivity contribution in [3.8, 4) is 11.1 Å². The fourth-order valence-corrected chi connectivity index (χ4v) is 4.68. The standard InChI is InChI=1S/C22H25N5O/c23-14-25-21(20-10-17(11-24-20)15-4-2-1-3-5-15)26-12-18-8-9-19(13-26)27(18)22(28)16-6-7-16/h1-5,10-11,14,16,18-19,23-24H,6-9,12-13H2. The van der Waals surface area contributed by atoms with Crippen LogP contribution in [0.1, 0.15) is 31.4 Å². The van der Waals surface area contributed by atoms with Gasteiger partial charge in [0.05, 0.1) is 5.69 Å². The van der Waals surface area contributed by atoms with Crippen LogP contribution in [0.15, 0.2) is 47.6 Å². The lowest BCUT2D eigenvalue weighted by molar-refractivity contribution is -0.137. The van der Waals surface area contributed by atoms with Crippen LogP contribution in [0.2, 0.25) is 0 Å². The molecule has 2 unspecified atom stereocenters. The van der Waals surface area contributed by atoms with Gasteiger partial charge in [-0.15, -0.1) is 0 Å². The molecule has 2 bridgehead atoms. The lowest BCUT2D eigenvalue weighted by Crippen LogP contribution is -2.57. The van der Waals surface area contributed by atoms with Crippen molar-refractivity contribution < 1.29 is 4.79 Å². The van der Waals surface area contributed by atoms with Crippen molar-refractivity contribution >= 4 is 18.1 Å². The van der Waals surface area contributed by atoms with Gasteiger partial charge in [0.25, 0.3) is 0 Å². The smallest absolute Gasteiger partial charge is 0.226 e. The number of nitrogens with zero attached hydrogens (tertiary/aromatic N) is 3. The third kappa shape index (κ3) is 3.03. The summed E-state index contributed by atoms with van der Waals surface area (Å²) in [6.45, 7) is 1.59. The molecule has 2 aromatic rings. The van der Waals surface area contributed by atoms with Gasteiger partial charge in [0.1, 0.15) is 6.34 Å². The van der Waals surface area contributed by atoms with E-state index in [1.165, 1.54) is 0 Å². The van der Waals surface area contributed by atoms with Crippen LogP contribution < -0.4 is 0 Å². The van der Waals surface area contributed by atoms with E-state index in [1.54, 1.807) is 0 Å². The molecule has 1 amide bonds. The summed E-state index contributed by atoms with van der Waals surface area (Å²) < 4.78 is 0. The Bertz CT molecular complexity index is 900. The zero-order valence-electron chi connectivity index (χ0n) is 15.8. The number of rotatable bonds is 4. The Morgan fingerprint density at radius 3 is 2.43 bits per heavy atom. The number of aliphatic imine (C=N–C) groups is 1. The van der Waals surface area contributed by atoms with Crippen molar-refractivity contribution in [3.63, 3.8) is 0 Å². The maximum absolute atomic E-state index is 12.7. The van der Waals surface area contributed by atoms with Crippen molar-refractivity contribution in [3.05, 3.63) is 48.3 Å². The highest BCUT2D eigenvalue weighted by Gasteiger charge is 2.47. The predicted molar refractivity (Wildman–Crippen MR) is 110 cm³/mol. The summed E-state index contributed by atoms with van der Waals surface area (Å²) in [5.74, 6) is 1.44. The number of aromatic amines is 1. The van der Waals surface area contributed by atoms with Crippen LogP contribution in [0, 0.1) is 11.3 Å². The number of nitrogens with one attached hydrogen (secondary N) is 2. The average Bonchev–Trinajstić information content (AvgIpc) is 3.40. The molecule has 1 saturated carbocycles. The normalized spacial score (nSPS) is 24.5. The van der Waals surface area contributed by atoms with Crippen LogP contribution >= 0.6 is 0 Å². The Balaban J connectivity index is 1.38. The van der Waals surface area contributed by atoms with Gasteiger partial charge in [-0.25, -0.2) is 4.99 Å². The number of piperazine rings is 1. The molecule has 3 aliphatic rings. The summed E-state index contributed by atoms with van der Waals surface area (Å²) in [5.41, 5.74) is 3.18. The molecule has 2 aliphatic heterocycles. The number of amides is 1. The molecule has 2 atom stereocenters. The molecule has 28 heavy (non-hydrogen) atoms. The van der Waals surface area contributed by atoms with E-state index >= 15 is 0 Å². The van der Waals surface area contributed by atoms with Gasteiger partial charge in [-0.1, -0.05) is 30.3 Å². The molecule has 0 radical (unpaired) electrons. The molecule has 2 N–H and O–H groups in total. The molecule has 3 fully saturated rings. The molecular formula is C22H25N5O. The fraction of sp³-hybridized carbons (Fsp3) is 0.409. The lowest BCUT2D eigenvalue weighted by Gasteiger charge is -2.42. The molecule has 1 aromatic carbocycles. The second-order valence-corrected chi connectivity index (χ2v) is 8.06. The van der Waals surface area contributed by atoms with Crippen molar-refractivity contribution in [1.29, 1.82) is 5.41 Å². The molecule has 1 aliphatic carbocycles. The van der Waals surface area contributed by atoms with E-state index in [0.29, 0.717) is 5.91 Å². The predicted octanol–water partition coefficient (Wildman–Crippen LogP) is 3.12. The minimum Gasteiger partial charge on any atom is -0.358 e. The molecular weight excluding hydrogens is 350 g/mol. The summed E-state index contributed by atoms with van der Waals surface area (Å²) in [6, 6.07) is 12.9. The molecule has 1 aromatic heterocycles. The largest absolute Gasteiger partial charge is 0.358 e. The number of carbonyl (C=O) groups excluding carboxylic acids is 1. The number of likely N-dealkylation sites (tertiary alicyclic amines) is 1. The highest BCUT2D eigenvalue weighted by molar-refractivity contribution is 6.02. The molecule has 3 heterocycles. The van der Waals surface area contributed by atoms with E-state index in [0.717, 1.165) is 67.8 Å². The molecule has 6 heteroatoms. The van der Waals surface area contributed by atoms with Crippen LogP contribution in [0.3, 0.4) is 0 Å². The van der Waals surface area contributed by atoms with Crippen LogP contribution in [0.4, 0.5) is 0 Å². The number of aromatic nitrogens is 1. The second-order valence-electron chi connectivity index (χ2n) is 8.06. The first-order valence-corrected chi connectivity index (χ1v) is 10.1. The van der Waals surface area contributed by atoms with Gasteiger partial charge in [-0.05, 0) is 42.9 Å². The number of fused-ring (bicyclic) bond motifs is 2. The quantitative estimate of drug-likeness (QED) is 0.636. The number of amidine groups is 1. The highest BCUT2D eigenvalue weighted by Crippen LogP contribution is 2.38. The van der Waals surface area contributed by atoms with Gasteiger partial charge in [0.2, 0.25) is 5.91 Å².